The topological polar surface area (TPSA) is 67.6 Å². The second-order valence-corrected chi connectivity index (χ2v) is 8.09. The van der Waals surface area contributed by atoms with Crippen LogP contribution in [0.4, 0.5) is 0 Å². The number of hydrogen-bond acceptors (Lipinski definition) is 5. The number of benzene rings is 1. The predicted octanol–water partition coefficient (Wildman–Crippen LogP) is 3.76. The number of carbonyl (C=O) groups excluding carboxylic acids is 1. The highest BCUT2D eigenvalue weighted by Gasteiger charge is 2.39. The summed E-state index contributed by atoms with van der Waals surface area (Å²) in [6, 6.07) is 8.95. The first kappa shape index (κ1) is 19.4. The van der Waals surface area contributed by atoms with E-state index in [2.05, 4.69) is 15.4 Å². The zero-order valence-corrected chi connectivity index (χ0v) is 16.7. The number of hydrogen-bond donors (Lipinski definition) is 1. The minimum atomic E-state index is -0.192. The first-order valence-electron chi connectivity index (χ1n) is 10.00. The van der Waals surface area contributed by atoms with Gasteiger partial charge in [0.1, 0.15) is 0 Å². The number of nitrogens with one attached hydrogen (secondary N) is 1. The molecule has 150 valence electrons. The van der Waals surface area contributed by atoms with Crippen LogP contribution in [0.5, 0.6) is 0 Å². The van der Waals surface area contributed by atoms with E-state index in [1.54, 1.807) is 18.2 Å². The van der Waals surface area contributed by atoms with Crippen molar-refractivity contribution in [1.29, 1.82) is 0 Å². The van der Waals surface area contributed by atoms with Crippen molar-refractivity contribution in [3.05, 3.63) is 41.0 Å². The maximum atomic E-state index is 12.7. The van der Waals surface area contributed by atoms with Gasteiger partial charge in [0.15, 0.2) is 11.5 Å². The number of carbonyl (C=O) groups is 1. The number of nitrogens with zero attached hydrogens (tertiary/aromatic N) is 2. The van der Waals surface area contributed by atoms with E-state index >= 15 is 0 Å². The summed E-state index contributed by atoms with van der Waals surface area (Å²) < 4.78 is 10.9. The van der Waals surface area contributed by atoms with Gasteiger partial charge in [0, 0.05) is 41.8 Å². The zero-order chi connectivity index (χ0) is 19.4. The molecule has 2 fully saturated rings. The van der Waals surface area contributed by atoms with Crippen molar-refractivity contribution in [1.82, 2.24) is 15.4 Å². The number of aromatic nitrogens is 1. The normalized spacial score (nSPS) is 20.0. The Morgan fingerprint density at radius 2 is 1.86 bits per heavy atom. The molecule has 0 spiro atoms. The Morgan fingerprint density at radius 1 is 1.14 bits per heavy atom. The Balaban J connectivity index is 1.43. The van der Waals surface area contributed by atoms with Crippen LogP contribution in [0.1, 0.15) is 42.6 Å². The lowest BCUT2D eigenvalue weighted by atomic mass is 9.79. The fourth-order valence-electron chi connectivity index (χ4n) is 4.32. The molecule has 1 amide bonds. The molecule has 2 aliphatic rings. The molecule has 7 heteroatoms. The second-order valence-electron chi connectivity index (χ2n) is 7.65. The highest BCUT2D eigenvalue weighted by atomic mass is 35.5. The van der Waals surface area contributed by atoms with Crippen molar-refractivity contribution < 1.29 is 14.1 Å². The monoisotopic (exact) mass is 403 g/mol. The van der Waals surface area contributed by atoms with E-state index in [1.807, 2.05) is 12.1 Å². The molecule has 6 nitrogen and oxygen atoms in total. The Kier molecular flexibility index (Phi) is 5.99. The summed E-state index contributed by atoms with van der Waals surface area (Å²) in [6.07, 6.45) is 5.91. The van der Waals surface area contributed by atoms with Crippen LogP contribution in [0.15, 0.2) is 34.9 Å². The summed E-state index contributed by atoms with van der Waals surface area (Å²) in [5.74, 6) is 0.365. The van der Waals surface area contributed by atoms with Crippen molar-refractivity contribution in [3.63, 3.8) is 0 Å². The molecule has 0 radical (unpaired) electrons. The third-order valence-electron chi connectivity index (χ3n) is 5.92. The number of ether oxygens (including phenoxy) is 1. The van der Waals surface area contributed by atoms with E-state index < -0.39 is 0 Å². The van der Waals surface area contributed by atoms with Crippen molar-refractivity contribution in [2.45, 2.75) is 37.6 Å². The first-order valence-corrected chi connectivity index (χ1v) is 10.4. The average molecular weight is 404 g/mol. The molecule has 0 bridgehead atoms. The van der Waals surface area contributed by atoms with Gasteiger partial charge in [-0.25, -0.2) is 0 Å². The highest BCUT2D eigenvalue weighted by Crippen LogP contribution is 2.34. The first-order chi connectivity index (χ1) is 13.7. The Bertz CT molecular complexity index is 793. The summed E-state index contributed by atoms with van der Waals surface area (Å²) in [7, 11) is 0. The Hall–Kier alpha value is -1.89. The summed E-state index contributed by atoms with van der Waals surface area (Å²) >= 11 is 5.92. The summed E-state index contributed by atoms with van der Waals surface area (Å²) in [4.78, 5) is 15.2. The smallest absolute Gasteiger partial charge is 0.273 e. The highest BCUT2D eigenvalue weighted by molar-refractivity contribution is 6.30. The standard InChI is InChI=1S/C21H26ClN3O3/c22-17-6-4-16(5-7-17)19-14-18(24-28-19)20(26)23-15-21(8-2-1-3-9-21)25-10-12-27-13-11-25/h4-7,14H,1-3,8-13,15H2,(H,23,26). The molecule has 0 unspecified atom stereocenters. The Morgan fingerprint density at radius 3 is 2.57 bits per heavy atom. The van der Waals surface area contributed by atoms with E-state index in [0.717, 1.165) is 44.7 Å². The minimum Gasteiger partial charge on any atom is -0.379 e. The minimum absolute atomic E-state index is 0.0282. The van der Waals surface area contributed by atoms with E-state index in [-0.39, 0.29) is 11.4 Å². The maximum absolute atomic E-state index is 12.7. The molecule has 1 aromatic heterocycles. The maximum Gasteiger partial charge on any atom is 0.273 e. The SMILES string of the molecule is O=C(NCC1(N2CCOCC2)CCCCC1)c1cc(-c2ccc(Cl)cc2)on1. The second kappa shape index (κ2) is 8.64. The Labute approximate surface area is 170 Å². The van der Waals surface area contributed by atoms with Crippen LogP contribution < -0.4 is 5.32 Å². The van der Waals surface area contributed by atoms with E-state index in [4.69, 9.17) is 20.9 Å². The lowest BCUT2D eigenvalue weighted by Gasteiger charge is -2.48. The van der Waals surface area contributed by atoms with Gasteiger partial charge in [0.25, 0.3) is 5.91 Å². The fourth-order valence-corrected chi connectivity index (χ4v) is 4.45. The third kappa shape index (κ3) is 4.24. The third-order valence-corrected chi connectivity index (χ3v) is 6.17. The largest absolute Gasteiger partial charge is 0.379 e. The van der Waals surface area contributed by atoms with Crippen LogP contribution >= 0.6 is 11.6 Å². The van der Waals surface area contributed by atoms with Crippen LogP contribution in [-0.4, -0.2) is 54.4 Å². The fraction of sp³-hybridized carbons (Fsp3) is 0.524. The molecule has 28 heavy (non-hydrogen) atoms. The molecule has 1 aliphatic carbocycles. The van der Waals surface area contributed by atoms with E-state index in [1.165, 1.54) is 19.3 Å². The van der Waals surface area contributed by atoms with Gasteiger partial charge in [0.05, 0.1) is 13.2 Å². The van der Waals surface area contributed by atoms with Crippen molar-refractivity contribution >= 4 is 17.5 Å². The van der Waals surface area contributed by atoms with Crippen LogP contribution in [-0.2, 0) is 4.74 Å². The van der Waals surface area contributed by atoms with Gasteiger partial charge < -0.3 is 14.6 Å². The lowest BCUT2D eigenvalue weighted by Crippen LogP contribution is -2.59. The molecule has 2 heterocycles. The van der Waals surface area contributed by atoms with Gasteiger partial charge in [0.2, 0.25) is 0 Å². The molecule has 1 saturated heterocycles. The quantitative estimate of drug-likeness (QED) is 0.823. The number of morpholine rings is 1. The molecule has 1 saturated carbocycles. The molecule has 2 aromatic rings. The van der Waals surface area contributed by atoms with Crippen LogP contribution in [0.3, 0.4) is 0 Å². The van der Waals surface area contributed by atoms with E-state index in [9.17, 15) is 4.79 Å². The molecular weight excluding hydrogens is 378 g/mol. The summed E-state index contributed by atoms with van der Waals surface area (Å²) in [6.45, 7) is 4.03. The molecule has 1 N–H and O–H groups in total. The van der Waals surface area contributed by atoms with Gasteiger partial charge in [-0.2, -0.15) is 0 Å². The number of amides is 1. The van der Waals surface area contributed by atoms with Gasteiger partial charge in [-0.05, 0) is 37.1 Å². The van der Waals surface area contributed by atoms with Gasteiger partial charge in [-0.1, -0.05) is 36.0 Å². The van der Waals surface area contributed by atoms with Crippen molar-refractivity contribution in [3.8, 4) is 11.3 Å². The molecular formula is C21H26ClN3O3. The predicted molar refractivity (Wildman–Crippen MR) is 107 cm³/mol. The zero-order valence-electron chi connectivity index (χ0n) is 16.0. The summed E-state index contributed by atoms with van der Waals surface area (Å²) in [5, 5.41) is 7.73. The average Bonchev–Trinajstić information content (AvgIpc) is 3.24. The lowest BCUT2D eigenvalue weighted by molar-refractivity contribution is -0.0361. The van der Waals surface area contributed by atoms with Crippen molar-refractivity contribution in [2.75, 3.05) is 32.8 Å². The van der Waals surface area contributed by atoms with Gasteiger partial charge >= 0.3 is 0 Å². The molecule has 4 rings (SSSR count). The van der Waals surface area contributed by atoms with Gasteiger partial charge in [-0.3, -0.25) is 9.69 Å². The molecule has 1 aliphatic heterocycles. The van der Waals surface area contributed by atoms with Crippen LogP contribution in [0.25, 0.3) is 11.3 Å². The summed E-state index contributed by atoms with van der Waals surface area (Å²) in [5.41, 5.74) is 1.17. The number of rotatable bonds is 5. The molecule has 1 aromatic carbocycles. The number of halogens is 1. The van der Waals surface area contributed by atoms with E-state index in [0.29, 0.717) is 23.0 Å². The van der Waals surface area contributed by atoms with Crippen LogP contribution in [0, 0.1) is 0 Å². The molecule has 0 atom stereocenters. The van der Waals surface area contributed by atoms with Crippen molar-refractivity contribution in [2.24, 2.45) is 0 Å². The van der Waals surface area contributed by atoms with Gasteiger partial charge in [-0.15, -0.1) is 0 Å². The van der Waals surface area contributed by atoms with Crippen LogP contribution in [0.2, 0.25) is 5.02 Å².